The van der Waals surface area contributed by atoms with Crippen molar-refractivity contribution in [3.63, 3.8) is 0 Å². The number of nitrogens with two attached hydrogens (primary N) is 1. The lowest BCUT2D eigenvalue weighted by Gasteiger charge is -2.02. The summed E-state index contributed by atoms with van der Waals surface area (Å²) in [6.45, 7) is 1.91. The molecule has 5 nitrogen and oxygen atoms in total. The number of rotatable bonds is 2. The van der Waals surface area contributed by atoms with E-state index in [1.165, 1.54) is 0 Å². The molecule has 1 atom stereocenters. The summed E-state index contributed by atoms with van der Waals surface area (Å²) in [5.74, 6) is -1.15. The maximum Gasteiger partial charge on any atom is 0.326 e. The first kappa shape index (κ1) is 10.9. The van der Waals surface area contributed by atoms with Crippen molar-refractivity contribution in [3.05, 3.63) is 34.7 Å². The van der Waals surface area contributed by atoms with E-state index in [2.05, 4.69) is 4.98 Å². The summed E-state index contributed by atoms with van der Waals surface area (Å²) in [6, 6.07) is 2.43. The van der Waals surface area contributed by atoms with Gasteiger partial charge in [-0.2, -0.15) is 0 Å². The Morgan fingerprint density at radius 1 is 1.62 bits per heavy atom. The summed E-state index contributed by atoms with van der Waals surface area (Å²) in [7, 11) is 0. The van der Waals surface area contributed by atoms with Crippen LogP contribution in [0.15, 0.2) is 18.3 Å². The number of imidazole rings is 1. The summed E-state index contributed by atoms with van der Waals surface area (Å²) >= 11 is 6.03. The van der Waals surface area contributed by atoms with E-state index >= 15 is 0 Å². The Hall–Kier alpha value is -1.59. The van der Waals surface area contributed by atoms with E-state index in [0.29, 0.717) is 5.65 Å². The molecule has 0 amide bonds. The Balaban J connectivity index is 2.64. The maximum atomic E-state index is 10.8. The predicted octanol–water partition coefficient (Wildman–Crippen LogP) is 1.38. The molecule has 0 aliphatic heterocycles. The molecule has 0 aliphatic rings. The molecule has 84 valence electrons. The van der Waals surface area contributed by atoms with Crippen molar-refractivity contribution in [3.8, 4) is 0 Å². The Morgan fingerprint density at radius 2 is 2.31 bits per heavy atom. The van der Waals surface area contributed by atoms with Crippen LogP contribution >= 0.6 is 11.6 Å². The highest BCUT2D eigenvalue weighted by Crippen LogP contribution is 2.23. The molecule has 0 aromatic carbocycles. The fourth-order valence-corrected chi connectivity index (χ4v) is 1.75. The second-order valence-corrected chi connectivity index (χ2v) is 3.90. The van der Waals surface area contributed by atoms with E-state index < -0.39 is 12.0 Å². The normalized spacial score (nSPS) is 12.9. The number of carboxylic acid groups (broad SMARTS) is 1. The predicted molar refractivity (Wildman–Crippen MR) is 59.5 cm³/mol. The third-order valence-corrected chi connectivity index (χ3v) is 2.67. The zero-order chi connectivity index (χ0) is 11.9. The summed E-state index contributed by atoms with van der Waals surface area (Å²) in [5, 5.41) is 9.05. The molecule has 3 N–H and O–H groups in total. The van der Waals surface area contributed by atoms with Crippen LogP contribution in [0.5, 0.6) is 0 Å². The highest BCUT2D eigenvalue weighted by Gasteiger charge is 2.22. The van der Waals surface area contributed by atoms with Gasteiger partial charge in [-0.15, -0.1) is 0 Å². The number of aromatic nitrogens is 2. The van der Waals surface area contributed by atoms with Gasteiger partial charge in [0, 0.05) is 6.20 Å². The van der Waals surface area contributed by atoms with Gasteiger partial charge < -0.3 is 10.8 Å². The molecule has 0 saturated carbocycles. The maximum absolute atomic E-state index is 10.8. The highest BCUT2D eigenvalue weighted by molar-refractivity contribution is 6.30. The Bertz CT molecular complexity index is 564. The molecule has 0 aliphatic carbocycles. The van der Waals surface area contributed by atoms with Crippen molar-refractivity contribution in [2.24, 2.45) is 5.73 Å². The SMILES string of the molecule is Cc1ccc2nc(C(N)C(=O)O)c(Cl)n2c1. The van der Waals surface area contributed by atoms with Crippen LogP contribution in [-0.4, -0.2) is 20.5 Å². The van der Waals surface area contributed by atoms with E-state index in [4.69, 9.17) is 22.4 Å². The van der Waals surface area contributed by atoms with Crippen LogP contribution in [0.2, 0.25) is 5.15 Å². The van der Waals surface area contributed by atoms with E-state index in [1.807, 2.05) is 13.0 Å². The minimum absolute atomic E-state index is 0.180. The molecule has 0 fully saturated rings. The molecule has 2 heterocycles. The third-order valence-electron chi connectivity index (χ3n) is 2.29. The number of aliphatic carboxylic acids is 1. The average Bonchev–Trinajstić information content (AvgIpc) is 2.55. The molecule has 2 rings (SSSR count). The molecule has 16 heavy (non-hydrogen) atoms. The number of carboxylic acids is 1. The molecule has 0 saturated heterocycles. The van der Waals surface area contributed by atoms with Crippen LogP contribution in [0.1, 0.15) is 17.3 Å². The standard InChI is InChI=1S/C10H10ClN3O2/c1-5-2-3-6-13-8(7(12)10(15)16)9(11)14(6)4-5/h2-4,7H,12H2,1H3,(H,15,16). The second kappa shape index (κ2) is 3.77. The lowest BCUT2D eigenvalue weighted by molar-refractivity contribution is -0.138. The molecule has 0 bridgehead atoms. The number of carbonyl (C=O) groups is 1. The van der Waals surface area contributed by atoms with Gasteiger partial charge in [0.1, 0.15) is 22.5 Å². The number of fused-ring (bicyclic) bond motifs is 1. The van der Waals surface area contributed by atoms with Gasteiger partial charge in [0.25, 0.3) is 0 Å². The molecule has 2 aromatic heterocycles. The summed E-state index contributed by atoms with van der Waals surface area (Å²) in [5.41, 5.74) is 7.25. The molecule has 6 heteroatoms. The first-order valence-electron chi connectivity index (χ1n) is 4.63. The number of nitrogens with zero attached hydrogens (tertiary/aromatic N) is 2. The van der Waals surface area contributed by atoms with Gasteiger partial charge in [-0.3, -0.25) is 9.20 Å². The molecular formula is C10H10ClN3O2. The number of halogens is 1. The zero-order valence-electron chi connectivity index (χ0n) is 8.51. The van der Waals surface area contributed by atoms with Gasteiger partial charge in [0.15, 0.2) is 0 Å². The topological polar surface area (TPSA) is 80.6 Å². The van der Waals surface area contributed by atoms with Gasteiger partial charge in [-0.25, -0.2) is 4.98 Å². The first-order chi connectivity index (χ1) is 7.50. The van der Waals surface area contributed by atoms with E-state index in [9.17, 15) is 4.79 Å². The molecule has 0 spiro atoms. The van der Waals surface area contributed by atoms with Gasteiger partial charge in [0.2, 0.25) is 0 Å². The summed E-state index contributed by atoms with van der Waals surface area (Å²) in [4.78, 5) is 14.9. The van der Waals surface area contributed by atoms with Crippen LogP contribution in [0.25, 0.3) is 5.65 Å². The Labute approximate surface area is 96.5 Å². The van der Waals surface area contributed by atoms with Crippen LogP contribution in [0, 0.1) is 6.92 Å². The molecular weight excluding hydrogens is 230 g/mol. The van der Waals surface area contributed by atoms with Crippen LogP contribution in [0.4, 0.5) is 0 Å². The monoisotopic (exact) mass is 239 g/mol. The van der Waals surface area contributed by atoms with Crippen LogP contribution < -0.4 is 5.73 Å². The van der Waals surface area contributed by atoms with Gasteiger partial charge in [-0.1, -0.05) is 17.7 Å². The fraction of sp³-hybridized carbons (Fsp3) is 0.200. The Kier molecular flexibility index (Phi) is 2.57. The minimum atomic E-state index is -1.20. The first-order valence-corrected chi connectivity index (χ1v) is 5.01. The lowest BCUT2D eigenvalue weighted by Crippen LogP contribution is -2.21. The van der Waals surface area contributed by atoms with Crippen molar-refractivity contribution in [1.82, 2.24) is 9.38 Å². The highest BCUT2D eigenvalue weighted by atomic mass is 35.5. The van der Waals surface area contributed by atoms with Gasteiger partial charge >= 0.3 is 5.97 Å². The third kappa shape index (κ3) is 1.64. The van der Waals surface area contributed by atoms with Crippen LogP contribution in [-0.2, 0) is 4.79 Å². The fourth-order valence-electron chi connectivity index (χ4n) is 1.46. The van der Waals surface area contributed by atoms with E-state index in [1.54, 1.807) is 16.7 Å². The quantitative estimate of drug-likeness (QED) is 0.830. The van der Waals surface area contributed by atoms with Crippen molar-refractivity contribution in [1.29, 1.82) is 0 Å². The minimum Gasteiger partial charge on any atom is -0.480 e. The van der Waals surface area contributed by atoms with Crippen molar-refractivity contribution < 1.29 is 9.90 Å². The average molecular weight is 240 g/mol. The van der Waals surface area contributed by atoms with Gasteiger partial charge in [0.05, 0.1) is 0 Å². The van der Waals surface area contributed by atoms with Crippen LogP contribution in [0.3, 0.4) is 0 Å². The van der Waals surface area contributed by atoms with Crippen molar-refractivity contribution in [2.75, 3.05) is 0 Å². The summed E-state index contributed by atoms with van der Waals surface area (Å²) in [6.07, 6.45) is 1.78. The lowest BCUT2D eigenvalue weighted by atomic mass is 10.2. The van der Waals surface area contributed by atoms with E-state index in [0.717, 1.165) is 5.56 Å². The smallest absolute Gasteiger partial charge is 0.326 e. The van der Waals surface area contributed by atoms with Gasteiger partial charge in [-0.05, 0) is 18.6 Å². The van der Waals surface area contributed by atoms with Crippen molar-refractivity contribution >= 4 is 23.2 Å². The number of aryl methyl sites for hydroxylation is 1. The number of pyridine rings is 1. The molecule has 0 radical (unpaired) electrons. The number of hydrogen-bond acceptors (Lipinski definition) is 3. The summed E-state index contributed by atoms with van der Waals surface area (Å²) < 4.78 is 1.62. The van der Waals surface area contributed by atoms with E-state index in [-0.39, 0.29) is 10.8 Å². The van der Waals surface area contributed by atoms with Crippen molar-refractivity contribution in [2.45, 2.75) is 13.0 Å². The largest absolute Gasteiger partial charge is 0.480 e. The zero-order valence-corrected chi connectivity index (χ0v) is 9.27. The molecule has 1 unspecified atom stereocenters. The second-order valence-electron chi connectivity index (χ2n) is 3.54. The Morgan fingerprint density at radius 3 is 2.94 bits per heavy atom. The number of hydrogen-bond donors (Lipinski definition) is 2. The molecule has 2 aromatic rings.